The smallest absolute Gasteiger partial charge is 0.243 e. The van der Waals surface area contributed by atoms with Crippen molar-refractivity contribution in [3.8, 4) is 0 Å². The second-order valence-electron chi connectivity index (χ2n) is 8.06. The molecule has 10 heteroatoms. The minimum absolute atomic E-state index is 0.0148. The molecule has 3 heterocycles. The molecule has 31 heavy (non-hydrogen) atoms. The number of aryl methyl sites for hydroxylation is 1. The molecule has 0 bridgehead atoms. The Kier molecular flexibility index (Phi) is 5.69. The highest BCUT2D eigenvalue weighted by Gasteiger charge is 2.36. The summed E-state index contributed by atoms with van der Waals surface area (Å²) in [5.41, 5.74) is 2.21. The third kappa shape index (κ3) is 4.01. The fraction of sp³-hybridized carbons (Fsp3) is 0.476. The van der Waals surface area contributed by atoms with Crippen LogP contribution in [0.25, 0.3) is 0 Å². The molecule has 0 saturated carbocycles. The van der Waals surface area contributed by atoms with Gasteiger partial charge in [0, 0.05) is 51.5 Å². The number of carbonyl (C=O) groups excluding carboxylic acids is 1. The molecule has 0 spiro atoms. The van der Waals surface area contributed by atoms with Crippen molar-refractivity contribution in [1.29, 1.82) is 0 Å². The van der Waals surface area contributed by atoms with Crippen molar-refractivity contribution in [1.82, 2.24) is 19.2 Å². The molecule has 1 amide bonds. The van der Waals surface area contributed by atoms with Crippen molar-refractivity contribution in [2.75, 3.05) is 32.0 Å². The van der Waals surface area contributed by atoms with Crippen LogP contribution in [0.5, 0.6) is 0 Å². The minimum Gasteiger partial charge on any atom is -0.373 e. The van der Waals surface area contributed by atoms with Gasteiger partial charge in [0.2, 0.25) is 15.9 Å². The maximum absolute atomic E-state index is 13.9. The van der Waals surface area contributed by atoms with Crippen LogP contribution in [-0.4, -0.2) is 60.2 Å². The second kappa shape index (κ2) is 8.16. The Morgan fingerprint density at radius 3 is 2.71 bits per heavy atom. The maximum Gasteiger partial charge on any atom is 0.243 e. The van der Waals surface area contributed by atoms with Gasteiger partial charge in [-0.05, 0) is 31.0 Å². The number of sulfonamides is 1. The molecule has 0 aliphatic carbocycles. The molecule has 8 nitrogen and oxygen atoms in total. The van der Waals surface area contributed by atoms with Crippen molar-refractivity contribution in [2.45, 2.75) is 44.0 Å². The largest absolute Gasteiger partial charge is 0.373 e. The number of anilines is 1. The predicted molar refractivity (Wildman–Crippen MR) is 114 cm³/mol. The van der Waals surface area contributed by atoms with Gasteiger partial charge in [-0.25, -0.2) is 22.8 Å². The van der Waals surface area contributed by atoms with E-state index in [0.717, 1.165) is 17.3 Å². The summed E-state index contributed by atoms with van der Waals surface area (Å²) in [7, 11) is -2.02. The monoisotopic (exact) mass is 447 g/mol. The van der Waals surface area contributed by atoms with Crippen LogP contribution in [0.4, 0.5) is 10.2 Å². The Morgan fingerprint density at radius 1 is 1.26 bits per heavy atom. The van der Waals surface area contributed by atoms with Crippen LogP contribution >= 0.6 is 0 Å². The topological polar surface area (TPSA) is 95.5 Å². The first kappa shape index (κ1) is 21.6. The van der Waals surface area contributed by atoms with Crippen LogP contribution in [0.2, 0.25) is 0 Å². The molecule has 166 valence electrons. The Labute approximate surface area is 181 Å². The number of carbonyl (C=O) groups is 1. The third-order valence-electron chi connectivity index (χ3n) is 6.06. The van der Waals surface area contributed by atoms with Crippen molar-refractivity contribution >= 4 is 21.7 Å². The van der Waals surface area contributed by atoms with Gasteiger partial charge in [0.05, 0.1) is 17.1 Å². The highest BCUT2D eigenvalue weighted by molar-refractivity contribution is 7.89. The van der Waals surface area contributed by atoms with Crippen LogP contribution in [0, 0.1) is 12.7 Å². The number of amides is 1. The molecule has 1 aromatic heterocycles. The number of aromatic nitrogens is 2. The van der Waals surface area contributed by atoms with E-state index in [9.17, 15) is 17.6 Å². The fourth-order valence-corrected chi connectivity index (χ4v) is 5.64. The summed E-state index contributed by atoms with van der Waals surface area (Å²) in [5, 5.41) is 3.09. The zero-order chi connectivity index (χ0) is 22.3. The van der Waals surface area contributed by atoms with Crippen molar-refractivity contribution in [2.24, 2.45) is 0 Å². The van der Waals surface area contributed by atoms with Crippen LogP contribution < -0.4 is 5.32 Å². The first-order valence-corrected chi connectivity index (χ1v) is 11.7. The lowest BCUT2D eigenvalue weighted by molar-refractivity contribution is -0.129. The van der Waals surface area contributed by atoms with Crippen LogP contribution in [0.3, 0.4) is 0 Å². The average Bonchev–Trinajstić information content (AvgIpc) is 3.25. The van der Waals surface area contributed by atoms with E-state index in [1.54, 1.807) is 25.8 Å². The molecule has 1 unspecified atom stereocenters. The lowest BCUT2D eigenvalue weighted by atomic mass is 10.0. The van der Waals surface area contributed by atoms with Gasteiger partial charge in [-0.15, -0.1) is 0 Å². The van der Waals surface area contributed by atoms with Crippen LogP contribution in [0.15, 0.2) is 23.1 Å². The molecular formula is C21H26FN5O3S. The predicted octanol–water partition coefficient (Wildman–Crippen LogP) is 2.05. The maximum atomic E-state index is 13.9. The number of benzene rings is 1. The lowest BCUT2D eigenvalue weighted by Crippen LogP contribution is -2.35. The third-order valence-corrected chi connectivity index (χ3v) is 7.92. The van der Waals surface area contributed by atoms with Crippen molar-refractivity contribution < 1.29 is 17.6 Å². The molecule has 2 aliphatic rings. The second-order valence-corrected chi connectivity index (χ2v) is 9.99. The fourth-order valence-electron chi connectivity index (χ4n) is 4.13. The number of nitrogens with one attached hydrogen (secondary N) is 1. The normalized spacial score (nSPS) is 19.4. The van der Waals surface area contributed by atoms with E-state index in [-0.39, 0.29) is 23.3 Å². The lowest BCUT2D eigenvalue weighted by Gasteiger charge is -2.29. The average molecular weight is 448 g/mol. The quantitative estimate of drug-likeness (QED) is 0.771. The summed E-state index contributed by atoms with van der Waals surface area (Å²) in [6, 6.07) is 4.00. The molecule has 2 aliphatic heterocycles. The number of fused-ring (bicyclic) bond motifs is 1. The van der Waals surface area contributed by atoms with E-state index in [0.29, 0.717) is 49.7 Å². The molecule has 0 radical (unpaired) electrons. The van der Waals surface area contributed by atoms with Crippen molar-refractivity contribution in [3.63, 3.8) is 0 Å². The molecule has 1 fully saturated rings. The molecule has 1 N–H and O–H groups in total. The van der Waals surface area contributed by atoms with E-state index in [1.165, 1.54) is 16.4 Å². The summed E-state index contributed by atoms with van der Waals surface area (Å²) >= 11 is 0. The highest BCUT2D eigenvalue weighted by atomic mass is 32.2. The molecule has 1 aromatic carbocycles. The van der Waals surface area contributed by atoms with Crippen LogP contribution in [0.1, 0.15) is 41.9 Å². The van der Waals surface area contributed by atoms with Gasteiger partial charge in [0.25, 0.3) is 0 Å². The molecule has 2 aromatic rings. The van der Waals surface area contributed by atoms with Gasteiger partial charge < -0.3 is 10.2 Å². The minimum atomic E-state index is -3.79. The van der Waals surface area contributed by atoms with E-state index in [4.69, 9.17) is 4.98 Å². The van der Waals surface area contributed by atoms with Crippen LogP contribution in [-0.2, 0) is 27.8 Å². The summed E-state index contributed by atoms with van der Waals surface area (Å²) in [4.78, 5) is 22.9. The van der Waals surface area contributed by atoms with E-state index < -0.39 is 15.8 Å². The van der Waals surface area contributed by atoms with Gasteiger partial charge in [0.1, 0.15) is 17.5 Å². The summed E-state index contributed by atoms with van der Waals surface area (Å²) in [6.45, 7) is 4.79. The van der Waals surface area contributed by atoms with Gasteiger partial charge in [-0.2, -0.15) is 4.31 Å². The zero-order valence-corrected chi connectivity index (χ0v) is 18.7. The Balaban J connectivity index is 1.58. The Hall–Kier alpha value is -2.59. The van der Waals surface area contributed by atoms with E-state index in [1.807, 2.05) is 0 Å². The van der Waals surface area contributed by atoms with Crippen molar-refractivity contribution in [3.05, 3.63) is 46.7 Å². The first-order valence-electron chi connectivity index (χ1n) is 10.3. The Bertz CT molecular complexity index is 1120. The summed E-state index contributed by atoms with van der Waals surface area (Å²) in [6.07, 6.45) is 1.23. The van der Waals surface area contributed by atoms with Gasteiger partial charge in [-0.1, -0.05) is 6.07 Å². The SMILES string of the molecule is CNc1nc(C2CCN(S(=O)(=O)c3ccc(C)c(F)c3)C2)nc2c1CN(C(C)=O)CC2. The number of hydrogen-bond donors (Lipinski definition) is 1. The summed E-state index contributed by atoms with van der Waals surface area (Å²) < 4.78 is 41.3. The Morgan fingerprint density at radius 2 is 2.03 bits per heavy atom. The number of nitrogens with zero attached hydrogens (tertiary/aromatic N) is 4. The van der Waals surface area contributed by atoms with Gasteiger partial charge in [-0.3, -0.25) is 4.79 Å². The molecule has 1 saturated heterocycles. The summed E-state index contributed by atoms with van der Waals surface area (Å²) in [5.74, 6) is 0.613. The first-order chi connectivity index (χ1) is 14.7. The van der Waals surface area contributed by atoms with E-state index >= 15 is 0 Å². The van der Waals surface area contributed by atoms with Gasteiger partial charge >= 0.3 is 0 Å². The molecular weight excluding hydrogens is 421 g/mol. The van der Waals surface area contributed by atoms with Gasteiger partial charge in [0.15, 0.2) is 0 Å². The zero-order valence-electron chi connectivity index (χ0n) is 17.9. The number of halogens is 1. The number of rotatable bonds is 4. The standard InChI is InChI=1S/C21H26FN5O3S/c1-13-4-5-16(10-18(13)22)31(29,30)27-9-6-15(11-27)20-24-19-7-8-26(14(2)28)12-17(19)21(23-3)25-20/h4-5,10,15H,6-9,11-12H2,1-3H3,(H,23,24,25). The molecule has 1 atom stereocenters. The van der Waals surface area contributed by atoms with E-state index in [2.05, 4.69) is 10.3 Å². The highest BCUT2D eigenvalue weighted by Crippen LogP contribution is 2.32. The number of hydrogen-bond acceptors (Lipinski definition) is 6. The molecule has 4 rings (SSSR count).